The molecule has 1 aliphatic heterocycles. The highest BCUT2D eigenvalue weighted by atomic mass is 32.2. The summed E-state index contributed by atoms with van der Waals surface area (Å²) in [5.74, 6) is 0.836. The van der Waals surface area contributed by atoms with Crippen LogP contribution >= 0.6 is 11.8 Å². The third kappa shape index (κ3) is 2.26. The first kappa shape index (κ1) is 11.7. The molecule has 1 aliphatic rings. The Morgan fingerprint density at radius 1 is 1.22 bits per heavy atom. The summed E-state index contributed by atoms with van der Waals surface area (Å²) in [6.07, 6.45) is 5.03. The minimum atomic E-state index is 0.836. The van der Waals surface area contributed by atoms with Crippen molar-refractivity contribution >= 4 is 11.8 Å². The van der Waals surface area contributed by atoms with Gasteiger partial charge in [-0.05, 0) is 18.4 Å². The minimum Gasteiger partial charge on any atom is -0.312 e. The summed E-state index contributed by atoms with van der Waals surface area (Å²) in [6.45, 7) is 1.90. The van der Waals surface area contributed by atoms with Crippen molar-refractivity contribution in [2.24, 2.45) is 0 Å². The quantitative estimate of drug-likeness (QED) is 0.839. The van der Waals surface area contributed by atoms with E-state index in [4.69, 9.17) is 0 Å². The minimum absolute atomic E-state index is 0.836. The van der Waals surface area contributed by atoms with Crippen LogP contribution in [-0.4, -0.2) is 22.8 Å². The molecule has 0 spiro atoms. The predicted molar refractivity (Wildman–Crippen MR) is 74.7 cm³/mol. The Hall–Kier alpha value is -1.39. The van der Waals surface area contributed by atoms with E-state index in [2.05, 4.69) is 45.8 Å². The van der Waals surface area contributed by atoms with Gasteiger partial charge in [-0.25, -0.2) is 9.97 Å². The van der Waals surface area contributed by atoms with Crippen molar-refractivity contribution in [2.75, 3.05) is 12.8 Å². The lowest BCUT2D eigenvalue weighted by atomic mass is 10.1. The highest BCUT2D eigenvalue weighted by Gasteiger charge is 2.12. The number of nitrogens with one attached hydrogen (secondary N) is 1. The fourth-order valence-corrected chi connectivity index (χ4v) is 2.52. The highest BCUT2D eigenvalue weighted by Crippen LogP contribution is 2.21. The van der Waals surface area contributed by atoms with Crippen molar-refractivity contribution in [1.29, 1.82) is 0 Å². The molecule has 0 unspecified atom stereocenters. The lowest BCUT2D eigenvalue weighted by Gasteiger charge is -2.16. The third-order valence-corrected chi connectivity index (χ3v) is 3.90. The summed E-state index contributed by atoms with van der Waals surface area (Å²) in [5.41, 5.74) is 3.51. The van der Waals surface area contributed by atoms with Gasteiger partial charge in [-0.3, -0.25) is 0 Å². The first-order valence-corrected chi connectivity index (χ1v) is 7.29. The maximum atomic E-state index is 4.68. The molecule has 0 fully saturated rings. The zero-order chi connectivity index (χ0) is 12.4. The first-order chi connectivity index (χ1) is 8.86. The van der Waals surface area contributed by atoms with E-state index in [1.54, 1.807) is 11.8 Å². The number of hydrogen-bond acceptors (Lipinski definition) is 4. The molecular formula is C14H15N3S. The molecule has 3 nitrogen and oxygen atoms in total. The summed E-state index contributed by atoms with van der Waals surface area (Å²) in [6, 6.07) is 8.41. The Bertz CT molecular complexity index is 551. The molecule has 2 heterocycles. The molecule has 0 radical (unpaired) electrons. The number of hydrogen-bond donors (Lipinski definition) is 1. The van der Waals surface area contributed by atoms with Crippen LogP contribution in [0.25, 0.3) is 11.4 Å². The predicted octanol–water partition coefficient (Wildman–Crippen LogP) is 2.51. The van der Waals surface area contributed by atoms with E-state index in [0.717, 1.165) is 30.9 Å². The van der Waals surface area contributed by atoms with Gasteiger partial charge in [0, 0.05) is 41.7 Å². The number of rotatable bonds is 2. The lowest BCUT2D eigenvalue weighted by molar-refractivity contribution is 0.626. The van der Waals surface area contributed by atoms with Gasteiger partial charge in [-0.15, -0.1) is 11.8 Å². The number of fused-ring (bicyclic) bond motifs is 1. The second-order valence-electron chi connectivity index (χ2n) is 4.32. The van der Waals surface area contributed by atoms with Gasteiger partial charge in [0.1, 0.15) is 0 Å². The Balaban J connectivity index is 1.95. The Kier molecular flexibility index (Phi) is 3.30. The summed E-state index contributed by atoms with van der Waals surface area (Å²) in [7, 11) is 0. The Morgan fingerprint density at radius 2 is 2.06 bits per heavy atom. The van der Waals surface area contributed by atoms with Crippen LogP contribution < -0.4 is 5.32 Å². The number of nitrogens with zero attached hydrogens (tertiary/aromatic N) is 2. The van der Waals surface area contributed by atoms with Crippen LogP contribution in [0.2, 0.25) is 0 Å². The Labute approximate surface area is 111 Å². The normalized spacial score (nSPS) is 14.3. The van der Waals surface area contributed by atoms with Crippen molar-refractivity contribution < 1.29 is 0 Å². The van der Waals surface area contributed by atoms with Gasteiger partial charge in [-0.2, -0.15) is 0 Å². The molecule has 0 aliphatic carbocycles. The largest absolute Gasteiger partial charge is 0.312 e. The molecule has 1 aromatic carbocycles. The molecule has 2 aromatic rings. The van der Waals surface area contributed by atoms with Crippen LogP contribution in [0.5, 0.6) is 0 Å². The molecule has 0 atom stereocenters. The molecule has 0 bridgehead atoms. The van der Waals surface area contributed by atoms with Crippen LogP contribution in [0.3, 0.4) is 0 Å². The molecule has 0 saturated carbocycles. The first-order valence-electron chi connectivity index (χ1n) is 6.07. The zero-order valence-corrected chi connectivity index (χ0v) is 11.1. The summed E-state index contributed by atoms with van der Waals surface area (Å²) >= 11 is 1.75. The SMILES string of the molecule is CSc1ccc(-c2ncc3c(n2)CCNC3)cc1. The molecule has 4 heteroatoms. The highest BCUT2D eigenvalue weighted by molar-refractivity contribution is 7.98. The van der Waals surface area contributed by atoms with Crippen molar-refractivity contribution in [3.8, 4) is 11.4 Å². The second-order valence-corrected chi connectivity index (χ2v) is 5.20. The van der Waals surface area contributed by atoms with E-state index in [0.29, 0.717) is 0 Å². The molecule has 0 saturated heterocycles. The van der Waals surface area contributed by atoms with E-state index >= 15 is 0 Å². The van der Waals surface area contributed by atoms with Crippen molar-refractivity contribution in [3.63, 3.8) is 0 Å². The van der Waals surface area contributed by atoms with Gasteiger partial charge in [-0.1, -0.05) is 12.1 Å². The smallest absolute Gasteiger partial charge is 0.159 e. The van der Waals surface area contributed by atoms with Crippen LogP contribution in [0, 0.1) is 0 Å². The second kappa shape index (κ2) is 5.08. The molecule has 3 rings (SSSR count). The molecule has 1 aromatic heterocycles. The van der Waals surface area contributed by atoms with Gasteiger partial charge in [0.05, 0.1) is 5.69 Å². The third-order valence-electron chi connectivity index (χ3n) is 3.16. The fraction of sp³-hybridized carbons (Fsp3) is 0.286. The number of thioether (sulfide) groups is 1. The topological polar surface area (TPSA) is 37.8 Å². The van der Waals surface area contributed by atoms with E-state index in [1.807, 2.05) is 6.20 Å². The van der Waals surface area contributed by atoms with E-state index in [1.165, 1.54) is 16.2 Å². The van der Waals surface area contributed by atoms with Gasteiger partial charge in [0.25, 0.3) is 0 Å². The van der Waals surface area contributed by atoms with Crippen molar-refractivity contribution in [3.05, 3.63) is 41.7 Å². The van der Waals surface area contributed by atoms with Crippen LogP contribution in [0.15, 0.2) is 35.4 Å². The van der Waals surface area contributed by atoms with Crippen molar-refractivity contribution in [1.82, 2.24) is 15.3 Å². The Morgan fingerprint density at radius 3 is 2.83 bits per heavy atom. The molecule has 18 heavy (non-hydrogen) atoms. The van der Waals surface area contributed by atoms with Crippen LogP contribution in [0.4, 0.5) is 0 Å². The van der Waals surface area contributed by atoms with E-state index in [-0.39, 0.29) is 0 Å². The fourth-order valence-electron chi connectivity index (χ4n) is 2.12. The molecular weight excluding hydrogens is 242 g/mol. The van der Waals surface area contributed by atoms with Gasteiger partial charge in [0.2, 0.25) is 0 Å². The number of benzene rings is 1. The maximum Gasteiger partial charge on any atom is 0.159 e. The summed E-state index contributed by atoms with van der Waals surface area (Å²) < 4.78 is 0. The lowest BCUT2D eigenvalue weighted by Crippen LogP contribution is -2.24. The average molecular weight is 257 g/mol. The molecule has 1 N–H and O–H groups in total. The summed E-state index contributed by atoms with van der Waals surface area (Å²) in [5, 5.41) is 3.33. The van der Waals surface area contributed by atoms with Gasteiger partial charge >= 0.3 is 0 Å². The maximum absolute atomic E-state index is 4.68. The van der Waals surface area contributed by atoms with Crippen LogP contribution in [0.1, 0.15) is 11.3 Å². The zero-order valence-electron chi connectivity index (χ0n) is 10.3. The van der Waals surface area contributed by atoms with Gasteiger partial charge < -0.3 is 5.32 Å². The average Bonchev–Trinajstić information content (AvgIpc) is 2.47. The van der Waals surface area contributed by atoms with E-state index < -0.39 is 0 Å². The molecule has 92 valence electrons. The number of aromatic nitrogens is 2. The molecule has 0 amide bonds. The van der Waals surface area contributed by atoms with Crippen molar-refractivity contribution in [2.45, 2.75) is 17.9 Å². The van der Waals surface area contributed by atoms with Gasteiger partial charge in [0.15, 0.2) is 5.82 Å². The monoisotopic (exact) mass is 257 g/mol. The van der Waals surface area contributed by atoms with E-state index in [9.17, 15) is 0 Å². The van der Waals surface area contributed by atoms with Crippen LogP contribution in [-0.2, 0) is 13.0 Å². The summed E-state index contributed by atoms with van der Waals surface area (Å²) in [4.78, 5) is 10.4. The standard InChI is InChI=1S/C14H15N3S/c1-18-12-4-2-10(3-5-12)14-16-9-11-8-15-7-6-13(11)17-14/h2-5,9,15H,6-8H2,1H3.